The van der Waals surface area contributed by atoms with E-state index >= 15 is 0 Å². The van der Waals surface area contributed by atoms with E-state index in [2.05, 4.69) is 5.32 Å². The molecule has 4 nitrogen and oxygen atoms in total. The van der Waals surface area contributed by atoms with Crippen LogP contribution in [-0.2, 0) is 4.79 Å². The molecule has 0 saturated heterocycles. The smallest absolute Gasteiger partial charge is 0.230 e. The summed E-state index contributed by atoms with van der Waals surface area (Å²) in [6.45, 7) is 1.86. The second-order valence-corrected chi connectivity index (χ2v) is 5.30. The van der Waals surface area contributed by atoms with Gasteiger partial charge in [0.15, 0.2) is 0 Å². The lowest BCUT2D eigenvalue weighted by atomic mass is 10.0. The third-order valence-corrected chi connectivity index (χ3v) is 3.96. The number of halogens is 1. The van der Waals surface area contributed by atoms with Crippen molar-refractivity contribution in [3.05, 3.63) is 22.7 Å². The molecule has 1 saturated carbocycles. The van der Waals surface area contributed by atoms with Gasteiger partial charge in [0.1, 0.15) is 5.75 Å². The molecular weight excluding hydrogens is 266 g/mol. The van der Waals surface area contributed by atoms with E-state index in [1.807, 2.05) is 6.92 Å². The van der Waals surface area contributed by atoms with Gasteiger partial charge in [0.2, 0.25) is 5.91 Å². The highest BCUT2D eigenvalue weighted by molar-refractivity contribution is 6.31. The Morgan fingerprint density at radius 1 is 1.47 bits per heavy atom. The molecule has 1 amide bonds. The van der Waals surface area contributed by atoms with Crippen molar-refractivity contribution in [2.45, 2.75) is 32.3 Å². The number of carbonyl (C=O) groups excluding carboxylic acids is 1. The Morgan fingerprint density at radius 2 is 2.21 bits per heavy atom. The largest absolute Gasteiger partial charge is 0.495 e. The Bertz CT molecular complexity index is 490. The zero-order chi connectivity index (χ0) is 14.0. The number of nitrogens with one attached hydrogen (secondary N) is 1. The number of anilines is 1. The van der Waals surface area contributed by atoms with Crippen LogP contribution < -0.4 is 10.1 Å². The van der Waals surface area contributed by atoms with E-state index in [9.17, 15) is 9.90 Å². The standard InChI is InChI=1S/C14H18ClNO3/c1-8-6-11(13(19-2)7-10(8)15)16-14(18)9-4-3-5-12(9)17/h6-7,9,12,17H,3-5H2,1-2H3,(H,16,18). The summed E-state index contributed by atoms with van der Waals surface area (Å²) in [6.07, 6.45) is 1.76. The first-order chi connectivity index (χ1) is 9.02. The summed E-state index contributed by atoms with van der Waals surface area (Å²) < 4.78 is 5.21. The highest BCUT2D eigenvalue weighted by atomic mass is 35.5. The molecule has 0 spiro atoms. The van der Waals surface area contributed by atoms with E-state index in [0.717, 1.165) is 18.4 Å². The lowest BCUT2D eigenvalue weighted by molar-refractivity contribution is -0.122. The summed E-state index contributed by atoms with van der Waals surface area (Å²) >= 11 is 6.02. The summed E-state index contributed by atoms with van der Waals surface area (Å²) in [5.74, 6) is 0.0298. The van der Waals surface area contributed by atoms with E-state index in [1.54, 1.807) is 12.1 Å². The lowest BCUT2D eigenvalue weighted by Crippen LogP contribution is -2.28. The lowest BCUT2D eigenvalue weighted by Gasteiger charge is -2.17. The van der Waals surface area contributed by atoms with Crippen molar-refractivity contribution in [2.24, 2.45) is 5.92 Å². The van der Waals surface area contributed by atoms with E-state index in [0.29, 0.717) is 22.9 Å². The molecule has 1 aliphatic rings. The van der Waals surface area contributed by atoms with E-state index in [1.165, 1.54) is 7.11 Å². The van der Waals surface area contributed by atoms with Gasteiger partial charge in [0.25, 0.3) is 0 Å². The van der Waals surface area contributed by atoms with Crippen molar-refractivity contribution < 1.29 is 14.6 Å². The van der Waals surface area contributed by atoms with Crippen molar-refractivity contribution >= 4 is 23.2 Å². The SMILES string of the molecule is COc1cc(Cl)c(C)cc1NC(=O)C1CCCC1O. The van der Waals surface area contributed by atoms with Gasteiger partial charge in [0, 0.05) is 11.1 Å². The van der Waals surface area contributed by atoms with Crippen LogP contribution >= 0.6 is 11.6 Å². The minimum Gasteiger partial charge on any atom is -0.495 e. The molecule has 1 aliphatic carbocycles. The normalized spacial score (nSPS) is 22.3. The Hall–Kier alpha value is -1.26. The molecule has 0 bridgehead atoms. The highest BCUT2D eigenvalue weighted by Gasteiger charge is 2.31. The van der Waals surface area contributed by atoms with Crippen LogP contribution in [0.15, 0.2) is 12.1 Å². The maximum Gasteiger partial charge on any atom is 0.230 e. The average Bonchev–Trinajstić information content (AvgIpc) is 2.79. The minimum absolute atomic E-state index is 0.162. The van der Waals surface area contributed by atoms with Crippen molar-refractivity contribution in [1.29, 1.82) is 0 Å². The van der Waals surface area contributed by atoms with Crippen LogP contribution in [0, 0.1) is 12.8 Å². The third-order valence-electron chi connectivity index (χ3n) is 3.55. The van der Waals surface area contributed by atoms with Crippen molar-refractivity contribution in [3.63, 3.8) is 0 Å². The van der Waals surface area contributed by atoms with Gasteiger partial charge in [-0.3, -0.25) is 4.79 Å². The summed E-state index contributed by atoms with van der Waals surface area (Å²) in [7, 11) is 1.53. The number of aliphatic hydroxyl groups excluding tert-OH is 1. The summed E-state index contributed by atoms with van der Waals surface area (Å²) in [4.78, 5) is 12.1. The molecule has 0 aliphatic heterocycles. The molecule has 2 atom stereocenters. The minimum atomic E-state index is -0.542. The third kappa shape index (κ3) is 3.01. The maximum atomic E-state index is 12.1. The fraction of sp³-hybridized carbons (Fsp3) is 0.500. The molecular formula is C14H18ClNO3. The van der Waals surface area contributed by atoms with Crippen LogP contribution in [0.5, 0.6) is 5.75 Å². The second kappa shape index (κ2) is 5.80. The van der Waals surface area contributed by atoms with Crippen LogP contribution in [-0.4, -0.2) is 24.2 Å². The molecule has 2 rings (SSSR count). The van der Waals surface area contributed by atoms with Gasteiger partial charge < -0.3 is 15.2 Å². The average molecular weight is 284 g/mol. The fourth-order valence-corrected chi connectivity index (χ4v) is 2.56. The van der Waals surface area contributed by atoms with Crippen LogP contribution in [0.3, 0.4) is 0 Å². The van der Waals surface area contributed by atoms with Crippen LogP contribution in [0.2, 0.25) is 5.02 Å². The number of ether oxygens (including phenoxy) is 1. The molecule has 1 fully saturated rings. The Kier molecular flexibility index (Phi) is 4.32. The van der Waals surface area contributed by atoms with Gasteiger partial charge in [-0.15, -0.1) is 0 Å². The molecule has 0 heterocycles. The predicted molar refractivity (Wildman–Crippen MR) is 74.7 cm³/mol. The number of hydrogen-bond acceptors (Lipinski definition) is 3. The highest BCUT2D eigenvalue weighted by Crippen LogP contribution is 2.33. The fourth-order valence-electron chi connectivity index (χ4n) is 2.40. The van der Waals surface area contributed by atoms with Crippen molar-refractivity contribution in [2.75, 3.05) is 12.4 Å². The van der Waals surface area contributed by atoms with Crippen molar-refractivity contribution in [3.8, 4) is 5.75 Å². The molecule has 1 aromatic rings. The number of aliphatic hydroxyl groups is 1. The van der Waals surface area contributed by atoms with E-state index in [-0.39, 0.29) is 11.8 Å². The number of aryl methyl sites for hydroxylation is 1. The Labute approximate surface area is 117 Å². The van der Waals surface area contributed by atoms with E-state index in [4.69, 9.17) is 16.3 Å². The first kappa shape index (κ1) is 14.2. The maximum absolute atomic E-state index is 12.1. The van der Waals surface area contributed by atoms with Gasteiger partial charge in [-0.1, -0.05) is 11.6 Å². The molecule has 104 valence electrons. The zero-order valence-electron chi connectivity index (χ0n) is 11.1. The molecule has 2 N–H and O–H groups in total. The van der Waals surface area contributed by atoms with Crippen LogP contribution in [0.4, 0.5) is 5.69 Å². The number of methoxy groups -OCH3 is 1. The van der Waals surface area contributed by atoms with Gasteiger partial charge in [-0.2, -0.15) is 0 Å². The monoisotopic (exact) mass is 283 g/mol. The van der Waals surface area contributed by atoms with Gasteiger partial charge in [-0.05, 0) is 37.8 Å². The zero-order valence-corrected chi connectivity index (χ0v) is 11.8. The topological polar surface area (TPSA) is 58.6 Å². The number of carbonyl (C=O) groups is 1. The second-order valence-electron chi connectivity index (χ2n) is 4.90. The first-order valence-electron chi connectivity index (χ1n) is 6.36. The summed E-state index contributed by atoms with van der Waals surface area (Å²) in [5.41, 5.74) is 1.46. The molecule has 1 aromatic carbocycles. The molecule has 0 radical (unpaired) electrons. The van der Waals surface area contributed by atoms with Crippen molar-refractivity contribution in [1.82, 2.24) is 0 Å². The van der Waals surface area contributed by atoms with Gasteiger partial charge >= 0.3 is 0 Å². The van der Waals surface area contributed by atoms with Gasteiger partial charge in [-0.25, -0.2) is 0 Å². The van der Waals surface area contributed by atoms with Crippen LogP contribution in [0.25, 0.3) is 0 Å². The van der Waals surface area contributed by atoms with E-state index < -0.39 is 6.10 Å². The number of rotatable bonds is 3. The summed E-state index contributed by atoms with van der Waals surface area (Å²) in [5, 5.41) is 13.2. The summed E-state index contributed by atoms with van der Waals surface area (Å²) in [6, 6.07) is 3.46. The number of benzene rings is 1. The first-order valence-corrected chi connectivity index (χ1v) is 6.73. The Morgan fingerprint density at radius 3 is 2.79 bits per heavy atom. The molecule has 5 heteroatoms. The molecule has 19 heavy (non-hydrogen) atoms. The Balaban J connectivity index is 2.18. The predicted octanol–water partition coefficient (Wildman–Crippen LogP) is 2.76. The van der Waals surface area contributed by atoms with Gasteiger partial charge in [0.05, 0.1) is 24.8 Å². The number of hydrogen-bond donors (Lipinski definition) is 2. The number of amides is 1. The molecule has 0 aromatic heterocycles. The molecule has 2 unspecified atom stereocenters. The van der Waals surface area contributed by atoms with Crippen LogP contribution in [0.1, 0.15) is 24.8 Å². The quantitative estimate of drug-likeness (QED) is 0.897.